The second-order valence-electron chi connectivity index (χ2n) is 2.26. The highest BCUT2D eigenvalue weighted by Crippen LogP contribution is 2.24. The molecule has 0 radical (unpaired) electrons. The van der Waals surface area contributed by atoms with Gasteiger partial charge in [-0.3, -0.25) is 0 Å². The Labute approximate surface area is 65.4 Å². The van der Waals surface area contributed by atoms with Gasteiger partial charge in [-0.15, -0.1) is 0 Å². The van der Waals surface area contributed by atoms with Crippen LogP contribution in [-0.2, 0) is 0 Å². The van der Waals surface area contributed by atoms with Gasteiger partial charge in [0.15, 0.2) is 0 Å². The highest BCUT2D eigenvalue weighted by molar-refractivity contribution is 8.01. The predicted octanol–water partition coefficient (Wildman–Crippen LogP) is 1.56. The molecule has 1 heterocycles. The Morgan fingerprint density at radius 3 is 2.67 bits per heavy atom. The molecule has 1 aliphatic heterocycles. The van der Waals surface area contributed by atoms with Gasteiger partial charge < -0.3 is 5.73 Å². The molecule has 0 aromatic heterocycles. The molecule has 52 valence electrons. The van der Waals surface area contributed by atoms with E-state index in [-0.39, 0.29) is 0 Å². The van der Waals surface area contributed by atoms with Crippen molar-refractivity contribution in [1.82, 2.24) is 0 Å². The molecule has 3 heteroatoms. The Balaban J connectivity index is 2.31. The van der Waals surface area contributed by atoms with Crippen LogP contribution in [0.2, 0.25) is 0 Å². The number of thioether (sulfide) groups is 1. The van der Waals surface area contributed by atoms with Crippen LogP contribution in [0.5, 0.6) is 0 Å². The topological polar surface area (TPSA) is 26.0 Å². The molecule has 0 aliphatic carbocycles. The minimum atomic E-state index is 0.480. The van der Waals surface area contributed by atoms with Crippen molar-refractivity contribution in [2.24, 2.45) is 5.73 Å². The molecule has 1 fully saturated rings. The highest BCUT2D eigenvalue weighted by Gasteiger charge is 2.15. The maximum absolute atomic E-state index is 5.48. The van der Waals surface area contributed by atoms with E-state index in [1.165, 1.54) is 25.0 Å². The first-order valence-corrected chi connectivity index (χ1v) is 4.67. The lowest BCUT2D eigenvalue weighted by molar-refractivity contribution is 0.733. The molecule has 1 aliphatic rings. The summed E-state index contributed by atoms with van der Waals surface area (Å²) in [6.45, 7) is 0. The van der Waals surface area contributed by atoms with Crippen molar-refractivity contribution in [2.75, 3.05) is 5.75 Å². The number of rotatable bonds is 1. The zero-order valence-corrected chi connectivity index (χ0v) is 6.93. The second-order valence-corrected chi connectivity index (χ2v) is 4.04. The third-order valence-corrected chi connectivity index (χ3v) is 3.35. The summed E-state index contributed by atoms with van der Waals surface area (Å²) in [4.78, 5) is 0.694. The summed E-state index contributed by atoms with van der Waals surface area (Å²) in [6, 6.07) is 0. The Morgan fingerprint density at radius 1 is 1.56 bits per heavy atom. The summed E-state index contributed by atoms with van der Waals surface area (Å²) < 4.78 is 0. The fourth-order valence-electron chi connectivity index (χ4n) is 0.965. The average Bonchev–Trinajstić information content (AvgIpc) is 1.90. The number of nitrogens with two attached hydrogens (primary N) is 1. The van der Waals surface area contributed by atoms with Gasteiger partial charge >= 0.3 is 0 Å². The highest BCUT2D eigenvalue weighted by atomic mass is 32.2. The van der Waals surface area contributed by atoms with E-state index in [0.29, 0.717) is 10.2 Å². The average molecular weight is 161 g/mol. The van der Waals surface area contributed by atoms with E-state index >= 15 is 0 Å². The molecule has 2 N–H and O–H groups in total. The smallest absolute Gasteiger partial charge is 0.0859 e. The van der Waals surface area contributed by atoms with Gasteiger partial charge in [0, 0.05) is 0 Å². The molecule has 0 amide bonds. The third kappa shape index (κ3) is 2.14. The molecule has 0 saturated carbocycles. The summed E-state index contributed by atoms with van der Waals surface area (Å²) in [5, 5.41) is 0.480. The molecule has 1 saturated heterocycles. The normalized spacial score (nSPS) is 27.8. The third-order valence-electron chi connectivity index (χ3n) is 1.50. The zero-order valence-electron chi connectivity index (χ0n) is 5.30. The molecule has 0 aromatic rings. The monoisotopic (exact) mass is 161 g/mol. The minimum Gasteiger partial charge on any atom is -0.392 e. The molecular formula is C6H11NS2. The maximum atomic E-state index is 5.48. The quantitative estimate of drug-likeness (QED) is 0.591. The predicted molar refractivity (Wildman–Crippen MR) is 46.9 cm³/mol. The summed E-state index contributed by atoms with van der Waals surface area (Å²) in [5.41, 5.74) is 5.48. The first-order valence-electron chi connectivity index (χ1n) is 3.21. The Morgan fingerprint density at radius 2 is 2.33 bits per heavy atom. The van der Waals surface area contributed by atoms with Crippen molar-refractivity contribution in [1.29, 1.82) is 0 Å². The first kappa shape index (κ1) is 7.35. The van der Waals surface area contributed by atoms with Crippen molar-refractivity contribution in [3.05, 3.63) is 0 Å². The van der Waals surface area contributed by atoms with Gasteiger partial charge in [-0.1, -0.05) is 18.6 Å². The fraction of sp³-hybridized carbons (Fsp3) is 0.833. The van der Waals surface area contributed by atoms with Gasteiger partial charge in [0.05, 0.1) is 10.2 Å². The molecule has 0 aromatic carbocycles. The molecule has 1 nitrogen and oxygen atoms in total. The van der Waals surface area contributed by atoms with Crippen LogP contribution in [0.25, 0.3) is 0 Å². The molecule has 0 spiro atoms. The van der Waals surface area contributed by atoms with E-state index < -0.39 is 0 Å². The van der Waals surface area contributed by atoms with E-state index in [9.17, 15) is 0 Å². The van der Waals surface area contributed by atoms with Crippen LogP contribution in [0.15, 0.2) is 0 Å². The summed E-state index contributed by atoms with van der Waals surface area (Å²) in [7, 11) is 0. The second kappa shape index (κ2) is 3.42. The standard InChI is InChI=1S/C6H11NS2/c7-6(8)5-3-1-2-4-9-5/h5H,1-4H2,(H2,7,8). The van der Waals surface area contributed by atoms with Crippen LogP contribution in [0.4, 0.5) is 0 Å². The van der Waals surface area contributed by atoms with Gasteiger partial charge in [-0.2, -0.15) is 11.8 Å². The van der Waals surface area contributed by atoms with Crippen LogP contribution in [-0.4, -0.2) is 16.0 Å². The Bertz CT molecular complexity index is 108. The van der Waals surface area contributed by atoms with Crippen molar-refractivity contribution in [2.45, 2.75) is 24.5 Å². The number of thiocarbonyl (C=S) groups is 1. The van der Waals surface area contributed by atoms with E-state index in [4.69, 9.17) is 18.0 Å². The molecule has 1 unspecified atom stereocenters. The van der Waals surface area contributed by atoms with Crippen LogP contribution in [0.1, 0.15) is 19.3 Å². The van der Waals surface area contributed by atoms with E-state index in [0.717, 1.165) is 0 Å². The van der Waals surface area contributed by atoms with Gasteiger partial charge in [-0.25, -0.2) is 0 Å². The van der Waals surface area contributed by atoms with Crippen molar-refractivity contribution >= 4 is 29.0 Å². The van der Waals surface area contributed by atoms with Crippen molar-refractivity contribution < 1.29 is 0 Å². The zero-order chi connectivity index (χ0) is 6.69. The lowest BCUT2D eigenvalue weighted by atomic mass is 10.2. The molecule has 0 bridgehead atoms. The van der Waals surface area contributed by atoms with Crippen LogP contribution in [0.3, 0.4) is 0 Å². The van der Waals surface area contributed by atoms with E-state index in [2.05, 4.69) is 0 Å². The number of hydrogen-bond acceptors (Lipinski definition) is 2. The number of hydrogen-bond donors (Lipinski definition) is 1. The van der Waals surface area contributed by atoms with Crippen molar-refractivity contribution in [3.8, 4) is 0 Å². The first-order chi connectivity index (χ1) is 4.30. The molecular weight excluding hydrogens is 150 g/mol. The SMILES string of the molecule is NC(=S)C1CCCCS1. The van der Waals surface area contributed by atoms with Crippen LogP contribution in [0, 0.1) is 0 Å². The molecule has 1 atom stereocenters. The maximum Gasteiger partial charge on any atom is 0.0859 e. The largest absolute Gasteiger partial charge is 0.392 e. The Hall–Kier alpha value is 0.240. The Kier molecular flexibility index (Phi) is 2.79. The van der Waals surface area contributed by atoms with Crippen LogP contribution < -0.4 is 5.73 Å². The molecule has 9 heavy (non-hydrogen) atoms. The van der Waals surface area contributed by atoms with Crippen molar-refractivity contribution in [3.63, 3.8) is 0 Å². The van der Waals surface area contributed by atoms with Gasteiger partial charge in [0.1, 0.15) is 0 Å². The van der Waals surface area contributed by atoms with Gasteiger partial charge in [0.25, 0.3) is 0 Å². The van der Waals surface area contributed by atoms with Crippen LogP contribution >= 0.6 is 24.0 Å². The summed E-state index contributed by atoms with van der Waals surface area (Å²) >= 11 is 6.78. The summed E-state index contributed by atoms with van der Waals surface area (Å²) in [6.07, 6.45) is 3.83. The van der Waals surface area contributed by atoms with E-state index in [1.54, 1.807) is 0 Å². The lowest BCUT2D eigenvalue weighted by Crippen LogP contribution is -2.25. The van der Waals surface area contributed by atoms with Gasteiger partial charge in [-0.05, 0) is 18.6 Å². The lowest BCUT2D eigenvalue weighted by Gasteiger charge is -2.19. The summed E-state index contributed by atoms with van der Waals surface area (Å²) in [5.74, 6) is 1.24. The molecule has 1 rings (SSSR count). The fourth-order valence-corrected chi connectivity index (χ4v) is 2.44. The van der Waals surface area contributed by atoms with E-state index in [1.807, 2.05) is 11.8 Å². The minimum absolute atomic E-state index is 0.480. The van der Waals surface area contributed by atoms with Gasteiger partial charge in [0.2, 0.25) is 0 Å².